The molecule has 0 spiro atoms. The highest BCUT2D eigenvalue weighted by Crippen LogP contribution is 2.29. The van der Waals surface area contributed by atoms with Crippen molar-refractivity contribution in [3.8, 4) is 0 Å². The van der Waals surface area contributed by atoms with E-state index >= 15 is 0 Å². The molecule has 9 heteroatoms. The van der Waals surface area contributed by atoms with Crippen molar-refractivity contribution in [2.24, 2.45) is 0 Å². The molecule has 0 aliphatic rings. The van der Waals surface area contributed by atoms with Gasteiger partial charge in [-0.05, 0) is 39.8 Å². The highest BCUT2D eigenvalue weighted by Gasteiger charge is 2.26. The van der Waals surface area contributed by atoms with Crippen molar-refractivity contribution >= 4 is 33.0 Å². The Morgan fingerprint density at radius 1 is 1.38 bits per heavy atom. The lowest BCUT2D eigenvalue weighted by atomic mass is 10.3. The van der Waals surface area contributed by atoms with Crippen LogP contribution in [0.4, 0.5) is 0 Å². The molecule has 1 N–H and O–H groups in total. The van der Waals surface area contributed by atoms with Crippen LogP contribution in [0.5, 0.6) is 0 Å². The van der Waals surface area contributed by atoms with Crippen LogP contribution >= 0.6 is 22.9 Å². The normalized spacial score (nSPS) is 13.6. The van der Waals surface area contributed by atoms with E-state index in [-0.39, 0.29) is 17.5 Å². The van der Waals surface area contributed by atoms with Crippen LogP contribution in [0.3, 0.4) is 0 Å². The van der Waals surface area contributed by atoms with Crippen LogP contribution in [-0.4, -0.2) is 31.9 Å². The summed E-state index contributed by atoms with van der Waals surface area (Å²) in [5.74, 6) is 0. The van der Waals surface area contributed by atoms with E-state index in [1.807, 2.05) is 19.9 Å². The number of rotatable bonds is 7. The summed E-state index contributed by atoms with van der Waals surface area (Å²) in [5.41, 5.74) is 1.12. The summed E-state index contributed by atoms with van der Waals surface area (Å²) in [6.07, 6.45) is -0.391. The number of nitrogens with one attached hydrogen (secondary N) is 1. The second-order valence-corrected chi connectivity index (χ2v) is 9.21. The minimum Gasteiger partial charge on any atom is -0.375 e. The maximum absolute atomic E-state index is 12.7. The molecule has 2 rings (SSSR count). The van der Waals surface area contributed by atoms with E-state index in [9.17, 15) is 8.42 Å². The van der Waals surface area contributed by atoms with Crippen molar-refractivity contribution < 1.29 is 13.2 Å². The van der Waals surface area contributed by atoms with Gasteiger partial charge in [0.2, 0.25) is 10.0 Å². The van der Waals surface area contributed by atoms with Crippen molar-refractivity contribution in [2.75, 3.05) is 13.7 Å². The third kappa shape index (κ3) is 4.00. The number of nitrogens with zero attached hydrogens (tertiary/aromatic N) is 2. The molecule has 0 saturated carbocycles. The van der Waals surface area contributed by atoms with Crippen molar-refractivity contribution in [3.05, 3.63) is 32.7 Å². The molecule has 1 unspecified atom stereocenters. The number of ether oxygens (including phenoxy) is 1. The molecule has 6 nitrogen and oxygen atoms in total. The summed E-state index contributed by atoms with van der Waals surface area (Å²) >= 11 is 7.30. The van der Waals surface area contributed by atoms with Crippen LogP contribution in [0.25, 0.3) is 0 Å². The molecule has 0 amide bonds. The molecule has 0 aliphatic heterocycles. The predicted octanol–water partition coefficient (Wildman–Crippen LogP) is 3.46. The zero-order valence-electron chi connectivity index (χ0n) is 14.3. The van der Waals surface area contributed by atoms with Crippen LogP contribution in [-0.2, 0) is 14.8 Å². The number of aryl methyl sites for hydroxylation is 1. The molecular weight excluding hydrogens is 370 g/mol. The molecule has 0 radical (unpaired) electrons. The quantitative estimate of drug-likeness (QED) is 0.784. The Hall–Kier alpha value is -0.930. The first kappa shape index (κ1) is 19.4. The van der Waals surface area contributed by atoms with Gasteiger partial charge in [0.25, 0.3) is 0 Å². The van der Waals surface area contributed by atoms with Crippen LogP contribution < -0.4 is 4.72 Å². The number of halogens is 1. The van der Waals surface area contributed by atoms with Gasteiger partial charge in [0.1, 0.15) is 11.0 Å². The largest absolute Gasteiger partial charge is 0.375 e. The average molecular weight is 392 g/mol. The first-order chi connectivity index (χ1) is 11.2. The Labute approximate surface area is 151 Å². The molecule has 2 aromatic heterocycles. The molecule has 2 heterocycles. The van der Waals surface area contributed by atoms with Gasteiger partial charge < -0.3 is 4.74 Å². The molecule has 0 fully saturated rings. The Kier molecular flexibility index (Phi) is 6.09. The minimum atomic E-state index is -3.68. The molecule has 0 saturated heterocycles. The second-order valence-electron chi connectivity index (χ2n) is 5.76. The van der Waals surface area contributed by atoms with E-state index < -0.39 is 16.1 Å². The Morgan fingerprint density at radius 3 is 2.50 bits per heavy atom. The fourth-order valence-electron chi connectivity index (χ4n) is 2.60. The molecular formula is C15H22ClN3O3S2. The lowest BCUT2D eigenvalue weighted by Gasteiger charge is -2.15. The topological polar surface area (TPSA) is 73.2 Å². The van der Waals surface area contributed by atoms with Crippen molar-refractivity contribution in [1.82, 2.24) is 14.5 Å². The van der Waals surface area contributed by atoms with Gasteiger partial charge in [0, 0.05) is 24.6 Å². The summed E-state index contributed by atoms with van der Waals surface area (Å²) < 4.78 is 35.8. The van der Waals surface area contributed by atoms with E-state index in [2.05, 4.69) is 9.82 Å². The minimum absolute atomic E-state index is 0.0904. The van der Waals surface area contributed by atoms with Gasteiger partial charge in [-0.2, -0.15) is 5.10 Å². The molecule has 0 aromatic carbocycles. The molecule has 0 aliphatic carbocycles. The molecule has 2 aromatic rings. The molecule has 134 valence electrons. The Morgan fingerprint density at radius 2 is 2.04 bits per heavy atom. The van der Waals surface area contributed by atoms with Gasteiger partial charge in [0.15, 0.2) is 0 Å². The van der Waals surface area contributed by atoms with Crippen molar-refractivity contribution in [3.63, 3.8) is 0 Å². The van der Waals surface area contributed by atoms with Gasteiger partial charge in [0.05, 0.1) is 15.7 Å². The van der Waals surface area contributed by atoms with Gasteiger partial charge >= 0.3 is 0 Å². The van der Waals surface area contributed by atoms with Crippen molar-refractivity contribution in [2.45, 2.75) is 44.7 Å². The lowest BCUT2D eigenvalue weighted by Crippen LogP contribution is -2.29. The van der Waals surface area contributed by atoms with Crippen molar-refractivity contribution in [1.29, 1.82) is 0 Å². The third-order valence-corrected chi connectivity index (χ3v) is 6.67. The lowest BCUT2D eigenvalue weighted by molar-refractivity contribution is 0.110. The number of sulfonamides is 1. The summed E-state index contributed by atoms with van der Waals surface area (Å²) in [6.45, 7) is 7.52. The Balaban J connectivity index is 2.22. The Bertz CT molecular complexity index is 812. The highest BCUT2D eigenvalue weighted by atomic mass is 35.5. The molecule has 24 heavy (non-hydrogen) atoms. The fourth-order valence-corrected chi connectivity index (χ4v) is 5.16. The first-order valence-corrected chi connectivity index (χ1v) is 10.2. The highest BCUT2D eigenvalue weighted by molar-refractivity contribution is 7.89. The third-order valence-electron chi connectivity index (χ3n) is 3.67. The van der Waals surface area contributed by atoms with Crippen LogP contribution in [0.2, 0.25) is 4.34 Å². The summed E-state index contributed by atoms with van der Waals surface area (Å²) in [6, 6.07) is 3.69. The number of methoxy groups -OCH3 is 1. The zero-order chi connectivity index (χ0) is 18.1. The number of thiophene rings is 1. The summed E-state index contributed by atoms with van der Waals surface area (Å²) in [7, 11) is -2.14. The van der Waals surface area contributed by atoms with Crippen LogP contribution in [0, 0.1) is 13.8 Å². The van der Waals surface area contributed by atoms with E-state index in [4.69, 9.17) is 16.3 Å². The maximum atomic E-state index is 12.7. The molecule has 1 atom stereocenters. The standard InChI is InChI=1S/C15H22ClN3O3S2/c1-9(2)19-11(4)15(10(3)18-19)24(20,21)17-8-12(22-5)13-6-7-14(16)23-13/h6-7,9,12,17H,8H2,1-5H3. The van der Waals surface area contributed by atoms with Gasteiger partial charge in [-0.1, -0.05) is 11.6 Å². The molecule has 0 bridgehead atoms. The van der Waals surface area contributed by atoms with Crippen LogP contribution in [0.15, 0.2) is 17.0 Å². The van der Waals surface area contributed by atoms with E-state index in [1.165, 1.54) is 11.3 Å². The number of aromatic nitrogens is 2. The smallest absolute Gasteiger partial charge is 0.244 e. The first-order valence-electron chi connectivity index (χ1n) is 7.50. The summed E-state index contributed by atoms with van der Waals surface area (Å²) in [4.78, 5) is 1.10. The van der Waals surface area contributed by atoms with Gasteiger partial charge in [-0.25, -0.2) is 13.1 Å². The SMILES string of the molecule is COC(CNS(=O)(=O)c1c(C)nn(C(C)C)c1C)c1ccc(Cl)s1. The summed E-state index contributed by atoms with van der Waals surface area (Å²) in [5, 5.41) is 4.34. The number of hydrogen-bond donors (Lipinski definition) is 1. The van der Waals surface area contributed by atoms with Crippen LogP contribution in [0.1, 0.15) is 42.3 Å². The maximum Gasteiger partial charge on any atom is 0.244 e. The monoisotopic (exact) mass is 391 g/mol. The second kappa shape index (κ2) is 7.53. The van der Waals surface area contributed by atoms with E-state index in [1.54, 1.807) is 31.7 Å². The van der Waals surface area contributed by atoms with E-state index in [0.29, 0.717) is 15.7 Å². The van der Waals surface area contributed by atoms with E-state index in [0.717, 1.165) is 4.88 Å². The predicted molar refractivity (Wildman–Crippen MR) is 96.4 cm³/mol. The average Bonchev–Trinajstić information content (AvgIpc) is 3.03. The van der Waals surface area contributed by atoms with Gasteiger partial charge in [-0.3, -0.25) is 4.68 Å². The fraction of sp³-hybridized carbons (Fsp3) is 0.533. The zero-order valence-corrected chi connectivity index (χ0v) is 16.7. The number of hydrogen-bond acceptors (Lipinski definition) is 5. The van der Waals surface area contributed by atoms with Gasteiger partial charge in [-0.15, -0.1) is 11.3 Å².